The van der Waals surface area contributed by atoms with Gasteiger partial charge in [0.25, 0.3) is 0 Å². The highest BCUT2D eigenvalue weighted by atomic mass is 79.9. The third-order valence-electron chi connectivity index (χ3n) is 3.39. The van der Waals surface area contributed by atoms with Crippen molar-refractivity contribution in [2.75, 3.05) is 25.1 Å². The van der Waals surface area contributed by atoms with Gasteiger partial charge in [0.05, 0.1) is 21.5 Å². The second kappa shape index (κ2) is 5.99. The van der Waals surface area contributed by atoms with Gasteiger partial charge in [-0.15, -0.1) is 0 Å². The Morgan fingerprint density at radius 1 is 1.50 bits per heavy atom. The van der Waals surface area contributed by atoms with Crippen molar-refractivity contribution in [2.45, 2.75) is 31.8 Å². The van der Waals surface area contributed by atoms with Crippen LogP contribution in [0.25, 0.3) is 0 Å². The van der Waals surface area contributed by atoms with Crippen LogP contribution in [0, 0.1) is 6.92 Å². The first-order valence-electron chi connectivity index (χ1n) is 6.26. The van der Waals surface area contributed by atoms with Crippen LogP contribution in [-0.4, -0.2) is 35.5 Å². The zero-order valence-corrected chi connectivity index (χ0v) is 12.2. The number of hydrogen-bond acceptors (Lipinski definition) is 4. The zero-order chi connectivity index (χ0) is 13.0. The summed E-state index contributed by atoms with van der Waals surface area (Å²) in [5.41, 5.74) is 1.42. The van der Waals surface area contributed by atoms with Crippen LogP contribution in [0.1, 0.15) is 25.0 Å². The topological polar surface area (TPSA) is 54.4 Å². The van der Waals surface area contributed by atoms with E-state index in [1.807, 2.05) is 13.0 Å². The third kappa shape index (κ3) is 3.43. The molecule has 0 amide bonds. The Morgan fingerprint density at radius 3 is 2.94 bits per heavy atom. The number of pyridine rings is 1. The van der Waals surface area contributed by atoms with Crippen molar-refractivity contribution in [3.63, 3.8) is 0 Å². The molecule has 0 spiro atoms. The molecule has 1 aliphatic rings. The highest BCUT2D eigenvalue weighted by Gasteiger charge is 2.29. The van der Waals surface area contributed by atoms with E-state index in [0.717, 1.165) is 41.7 Å². The summed E-state index contributed by atoms with van der Waals surface area (Å²) in [7, 11) is 0. The summed E-state index contributed by atoms with van der Waals surface area (Å²) in [5.74, 6) is 0. The molecule has 1 saturated heterocycles. The molecule has 1 fully saturated rings. The molecule has 2 heterocycles. The number of nitrogens with zero attached hydrogens (tertiary/aromatic N) is 1. The first kappa shape index (κ1) is 13.8. The maximum Gasteiger partial charge on any atom is 0.0708 e. The van der Waals surface area contributed by atoms with Gasteiger partial charge in [0.15, 0.2) is 0 Å². The monoisotopic (exact) mass is 314 g/mol. The van der Waals surface area contributed by atoms with E-state index in [1.54, 1.807) is 6.20 Å². The lowest BCUT2D eigenvalue weighted by atomic mass is 9.91. The smallest absolute Gasteiger partial charge is 0.0708 e. The average molecular weight is 315 g/mol. The predicted molar refractivity (Wildman–Crippen MR) is 74.8 cm³/mol. The summed E-state index contributed by atoms with van der Waals surface area (Å²) in [6.45, 7) is 4.03. The molecule has 2 rings (SSSR count). The summed E-state index contributed by atoms with van der Waals surface area (Å²) < 4.78 is 6.26. The summed E-state index contributed by atoms with van der Waals surface area (Å²) in [5, 5.41) is 13.7. The van der Waals surface area contributed by atoms with Crippen LogP contribution in [0.2, 0.25) is 0 Å². The summed E-state index contributed by atoms with van der Waals surface area (Å²) >= 11 is 3.51. The van der Waals surface area contributed by atoms with E-state index in [4.69, 9.17) is 4.74 Å². The average Bonchev–Trinajstić information content (AvgIpc) is 2.35. The van der Waals surface area contributed by atoms with Crippen molar-refractivity contribution in [3.8, 4) is 0 Å². The molecule has 4 nitrogen and oxygen atoms in total. The van der Waals surface area contributed by atoms with Gasteiger partial charge in [0, 0.05) is 26.0 Å². The molecule has 0 unspecified atom stereocenters. The van der Waals surface area contributed by atoms with Crippen LogP contribution in [-0.2, 0) is 4.74 Å². The molecule has 1 aromatic rings. The highest BCUT2D eigenvalue weighted by Crippen LogP contribution is 2.26. The molecular weight excluding hydrogens is 296 g/mol. The van der Waals surface area contributed by atoms with Crippen LogP contribution >= 0.6 is 15.9 Å². The zero-order valence-electron chi connectivity index (χ0n) is 10.6. The minimum Gasteiger partial charge on any atom is -0.390 e. The van der Waals surface area contributed by atoms with Gasteiger partial charge in [0.1, 0.15) is 0 Å². The molecule has 0 aliphatic carbocycles. The molecule has 0 bridgehead atoms. The van der Waals surface area contributed by atoms with E-state index in [9.17, 15) is 5.11 Å². The van der Waals surface area contributed by atoms with Crippen molar-refractivity contribution >= 4 is 21.6 Å². The van der Waals surface area contributed by atoms with Crippen LogP contribution in [0.5, 0.6) is 0 Å². The number of ether oxygens (including phenoxy) is 1. The maximum atomic E-state index is 10.3. The van der Waals surface area contributed by atoms with Gasteiger partial charge < -0.3 is 15.2 Å². The number of aliphatic hydroxyl groups is 1. The Balaban J connectivity index is 1.86. The third-order valence-corrected chi connectivity index (χ3v) is 4.39. The van der Waals surface area contributed by atoms with Crippen LogP contribution in [0.4, 0.5) is 5.69 Å². The molecule has 18 heavy (non-hydrogen) atoms. The molecule has 5 heteroatoms. The van der Waals surface area contributed by atoms with Crippen molar-refractivity contribution in [2.24, 2.45) is 0 Å². The lowest BCUT2D eigenvalue weighted by Gasteiger charge is -2.32. The van der Waals surface area contributed by atoms with Gasteiger partial charge in [-0.25, -0.2) is 0 Å². The number of aryl methyl sites for hydroxylation is 1. The Morgan fingerprint density at radius 2 is 2.22 bits per heavy atom. The number of anilines is 1. The molecule has 0 saturated carbocycles. The Hall–Kier alpha value is -0.650. The van der Waals surface area contributed by atoms with Crippen LogP contribution in [0.15, 0.2) is 16.7 Å². The van der Waals surface area contributed by atoms with Crippen molar-refractivity contribution in [1.29, 1.82) is 0 Å². The lowest BCUT2D eigenvalue weighted by Crippen LogP contribution is -2.37. The van der Waals surface area contributed by atoms with Crippen molar-refractivity contribution in [1.82, 2.24) is 4.98 Å². The van der Waals surface area contributed by atoms with Crippen LogP contribution in [0.3, 0.4) is 0 Å². The lowest BCUT2D eigenvalue weighted by molar-refractivity contribution is -0.0657. The summed E-state index contributed by atoms with van der Waals surface area (Å²) in [6, 6.07) is 1.94. The second-order valence-corrected chi connectivity index (χ2v) is 5.56. The quantitative estimate of drug-likeness (QED) is 0.896. The summed E-state index contributed by atoms with van der Waals surface area (Å²) in [4.78, 5) is 4.20. The molecule has 0 atom stereocenters. The molecule has 1 aromatic heterocycles. The Bertz CT molecular complexity index is 406. The van der Waals surface area contributed by atoms with E-state index in [-0.39, 0.29) is 0 Å². The predicted octanol–water partition coefficient (Wildman–Crippen LogP) is 2.50. The Kier molecular flexibility index (Phi) is 4.59. The van der Waals surface area contributed by atoms with Gasteiger partial charge in [-0.2, -0.15) is 0 Å². The number of nitrogens with one attached hydrogen (secondary N) is 1. The minimum absolute atomic E-state index is 0.570. The molecule has 1 aliphatic heterocycles. The molecule has 0 radical (unpaired) electrons. The minimum atomic E-state index is -0.570. The first-order chi connectivity index (χ1) is 8.61. The van der Waals surface area contributed by atoms with E-state index >= 15 is 0 Å². The second-order valence-electron chi connectivity index (χ2n) is 4.77. The fraction of sp³-hybridized carbons (Fsp3) is 0.615. The molecule has 2 N–H and O–H groups in total. The fourth-order valence-electron chi connectivity index (χ4n) is 2.12. The SMILES string of the molecule is Cc1nccc(NCCC2(O)CCOCC2)c1Br. The number of aromatic nitrogens is 1. The number of hydrogen-bond donors (Lipinski definition) is 2. The van der Waals surface area contributed by atoms with Gasteiger partial charge in [-0.3, -0.25) is 4.98 Å². The van der Waals surface area contributed by atoms with Crippen molar-refractivity contribution < 1.29 is 9.84 Å². The standard InChI is InChI=1S/C13H19BrN2O2/c1-10-12(14)11(2-6-15-10)16-7-3-13(17)4-8-18-9-5-13/h2,6,17H,3-5,7-9H2,1H3,(H,15,16). The maximum absolute atomic E-state index is 10.3. The van der Waals surface area contributed by atoms with Crippen LogP contribution < -0.4 is 5.32 Å². The number of halogens is 1. The summed E-state index contributed by atoms with van der Waals surface area (Å²) in [6.07, 6.45) is 3.98. The van der Waals surface area contributed by atoms with Gasteiger partial charge >= 0.3 is 0 Å². The van der Waals surface area contributed by atoms with E-state index < -0.39 is 5.60 Å². The molecule has 0 aromatic carbocycles. The van der Waals surface area contributed by atoms with Gasteiger partial charge in [-0.05, 0) is 48.2 Å². The first-order valence-corrected chi connectivity index (χ1v) is 7.05. The van der Waals surface area contributed by atoms with E-state index in [0.29, 0.717) is 13.2 Å². The molecular formula is C13H19BrN2O2. The van der Waals surface area contributed by atoms with Gasteiger partial charge in [0.2, 0.25) is 0 Å². The number of rotatable bonds is 4. The molecule has 100 valence electrons. The fourth-order valence-corrected chi connectivity index (χ4v) is 2.49. The Labute approximate surface area is 116 Å². The van der Waals surface area contributed by atoms with Crippen molar-refractivity contribution in [3.05, 3.63) is 22.4 Å². The normalized spacial score (nSPS) is 18.6. The largest absolute Gasteiger partial charge is 0.390 e. The highest BCUT2D eigenvalue weighted by molar-refractivity contribution is 9.10. The van der Waals surface area contributed by atoms with E-state index in [1.165, 1.54) is 0 Å². The van der Waals surface area contributed by atoms with E-state index in [2.05, 4.69) is 26.2 Å². The van der Waals surface area contributed by atoms with Gasteiger partial charge in [-0.1, -0.05) is 0 Å².